The highest BCUT2D eigenvalue weighted by Crippen LogP contribution is 2.29. The molecule has 0 bridgehead atoms. The molecular weight excluding hydrogens is 328 g/mol. The third kappa shape index (κ3) is 2.88. The quantitative estimate of drug-likeness (QED) is 0.922. The van der Waals surface area contributed by atoms with Crippen molar-refractivity contribution in [1.82, 2.24) is 9.97 Å². The van der Waals surface area contributed by atoms with E-state index < -0.39 is 5.97 Å². The average molecular weight is 339 g/mol. The number of aromatic nitrogens is 2. The number of carbonyl (C=O) groups is 1. The minimum atomic E-state index is -1.14. The van der Waals surface area contributed by atoms with Gasteiger partial charge in [0.15, 0.2) is 11.5 Å². The molecule has 20 heavy (non-hydrogen) atoms. The van der Waals surface area contributed by atoms with E-state index in [1.165, 1.54) is 13.2 Å². The van der Waals surface area contributed by atoms with Gasteiger partial charge in [0.1, 0.15) is 5.75 Å². The van der Waals surface area contributed by atoms with E-state index in [0.29, 0.717) is 11.3 Å². The van der Waals surface area contributed by atoms with Crippen LogP contribution in [0, 0.1) is 0 Å². The molecule has 0 aliphatic rings. The molecule has 6 nitrogen and oxygen atoms in total. The van der Waals surface area contributed by atoms with Crippen LogP contribution in [0.5, 0.6) is 11.6 Å². The van der Waals surface area contributed by atoms with E-state index in [-0.39, 0.29) is 17.4 Å². The van der Waals surface area contributed by atoms with Crippen molar-refractivity contribution in [1.29, 1.82) is 0 Å². The Balaban J connectivity index is 2.54. The first-order valence-corrected chi connectivity index (χ1v) is 6.34. The molecule has 0 atom stereocenters. The van der Waals surface area contributed by atoms with Crippen LogP contribution in [0.2, 0.25) is 0 Å². The normalized spacial score (nSPS) is 10.2. The summed E-state index contributed by atoms with van der Waals surface area (Å²) < 4.78 is 10.9. The number of hydrogen-bond donors (Lipinski definition) is 1. The number of aromatic carboxylic acids is 1. The second-order valence-electron chi connectivity index (χ2n) is 3.77. The standard InChI is InChI=1S/C13H11BrN2O4/c1-19-10-4-3-7(5-8(10)14)12-15-9(13(17)18)6-11(16-12)20-2/h3-6H,1-2H3,(H,17,18). The zero-order valence-corrected chi connectivity index (χ0v) is 12.3. The minimum Gasteiger partial charge on any atom is -0.496 e. The third-order valence-corrected chi connectivity index (χ3v) is 3.16. The molecule has 104 valence electrons. The van der Waals surface area contributed by atoms with Gasteiger partial charge in [0.25, 0.3) is 0 Å². The van der Waals surface area contributed by atoms with Gasteiger partial charge in [-0.15, -0.1) is 0 Å². The van der Waals surface area contributed by atoms with E-state index in [9.17, 15) is 4.79 Å². The minimum absolute atomic E-state index is 0.126. The second kappa shape index (κ2) is 5.87. The summed E-state index contributed by atoms with van der Waals surface area (Å²) in [6, 6.07) is 6.50. The number of methoxy groups -OCH3 is 2. The molecule has 2 rings (SSSR count). The van der Waals surface area contributed by atoms with Gasteiger partial charge in [-0.3, -0.25) is 0 Å². The molecule has 0 saturated heterocycles. The lowest BCUT2D eigenvalue weighted by molar-refractivity contribution is 0.0690. The van der Waals surface area contributed by atoms with Crippen LogP contribution in [0.1, 0.15) is 10.5 Å². The maximum Gasteiger partial charge on any atom is 0.354 e. The summed E-state index contributed by atoms with van der Waals surface area (Å²) in [7, 11) is 2.98. The van der Waals surface area contributed by atoms with Crippen LogP contribution in [0.4, 0.5) is 0 Å². The lowest BCUT2D eigenvalue weighted by Crippen LogP contribution is -2.04. The van der Waals surface area contributed by atoms with Gasteiger partial charge in [-0.2, -0.15) is 4.98 Å². The molecule has 0 aliphatic carbocycles. The van der Waals surface area contributed by atoms with Crippen molar-refractivity contribution < 1.29 is 19.4 Å². The number of carboxylic acid groups (broad SMARTS) is 1. The van der Waals surface area contributed by atoms with Gasteiger partial charge in [-0.05, 0) is 34.1 Å². The highest BCUT2D eigenvalue weighted by molar-refractivity contribution is 9.10. The fourth-order valence-electron chi connectivity index (χ4n) is 1.57. The summed E-state index contributed by atoms with van der Waals surface area (Å²) in [6.45, 7) is 0. The van der Waals surface area contributed by atoms with Crippen LogP contribution >= 0.6 is 15.9 Å². The van der Waals surface area contributed by atoms with Gasteiger partial charge in [0.05, 0.1) is 18.7 Å². The molecule has 0 unspecified atom stereocenters. The summed E-state index contributed by atoms with van der Waals surface area (Å²) in [5.41, 5.74) is 0.526. The summed E-state index contributed by atoms with van der Waals surface area (Å²) in [5.74, 6) is -0.0147. The van der Waals surface area contributed by atoms with Crippen LogP contribution in [-0.4, -0.2) is 35.3 Å². The van der Waals surface area contributed by atoms with Gasteiger partial charge in [0.2, 0.25) is 5.88 Å². The third-order valence-electron chi connectivity index (χ3n) is 2.54. The predicted molar refractivity (Wildman–Crippen MR) is 75.2 cm³/mol. The van der Waals surface area contributed by atoms with Crippen molar-refractivity contribution >= 4 is 21.9 Å². The number of hydrogen-bond acceptors (Lipinski definition) is 5. The highest BCUT2D eigenvalue weighted by Gasteiger charge is 2.13. The lowest BCUT2D eigenvalue weighted by Gasteiger charge is -2.07. The smallest absolute Gasteiger partial charge is 0.354 e. The van der Waals surface area contributed by atoms with Gasteiger partial charge < -0.3 is 14.6 Å². The zero-order chi connectivity index (χ0) is 14.7. The number of benzene rings is 1. The van der Waals surface area contributed by atoms with Crippen LogP contribution in [0.25, 0.3) is 11.4 Å². The lowest BCUT2D eigenvalue weighted by atomic mass is 10.2. The van der Waals surface area contributed by atoms with E-state index in [1.54, 1.807) is 25.3 Å². The summed E-state index contributed by atoms with van der Waals surface area (Å²) in [5, 5.41) is 9.04. The fourth-order valence-corrected chi connectivity index (χ4v) is 2.11. The Kier molecular flexibility index (Phi) is 4.19. The van der Waals surface area contributed by atoms with Crippen molar-refractivity contribution in [3.05, 3.63) is 34.4 Å². The molecule has 0 saturated carbocycles. The molecule has 1 aromatic heterocycles. The fraction of sp³-hybridized carbons (Fsp3) is 0.154. The summed E-state index contributed by atoms with van der Waals surface area (Å²) >= 11 is 3.36. The Morgan fingerprint density at radius 3 is 2.50 bits per heavy atom. The monoisotopic (exact) mass is 338 g/mol. The molecule has 0 fully saturated rings. The number of nitrogens with zero attached hydrogens (tertiary/aromatic N) is 2. The molecule has 0 amide bonds. The van der Waals surface area contributed by atoms with E-state index in [2.05, 4.69) is 25.9 Å². The predicted octanol–water partition coefficient (Wildman–Crippen LogP) is 2.62. The molecule has 0 spiro atoms. The van der Waals surface area contributed by atoms with E-state index >= 15 is 0 Å². The number of ether oxygens (including phenoxy) is 2. The summed E-state index contributed by atoms with van der Waals surface area (Å²) in [4.78, 5) is 19.2. The molecular formula is C13H11BrN2O4. The Morgan fingerprint density at radius 2 is 1.95 bits per heavy atom. The highest BCUT2D eigenvalue weighted by atomic mass is 79.9. The van der Waals surface area contributed by atoms with E-state index in [0.717, 1.165) is 4.47 Å². The molecule has 1 N–H and O–H groups in total. The molecule has 7 heteroatoms. The Bertz CT molecular complexity index is 661. The van der Waals surface area contributed by atoms with Crippen molar-refractivity contribution in [2.75, 3.05) is 14.2 Å². The maximum absolute atomic E-state index is 11.0. The SMILES string of the molecule is COc1cc(C(=O)O)nc(-c2ccc(OC)c(Br)c2)n1. The summed E-state index contributed by atoms with van der Waals surface area (Å²) in [6.07, 6.45) is 0. The first-order chi connectivity index (χ1) is 9.55. The van der Waals surface area contributed by atoms with Crippen molar-refractivity contribution in [2.24, 2.45) is 0 Å². The van der Waals surface area contributed by atoms with Gasteiger partial charge in [0, 0.05) is 11.6 Å². The molecule has 0 radical (unpaired) electrons. The van der Waals surface area contributed by atoms with Gasteiger partial charge in [-0.1, -0.05) is 0 Å². The van der Waals surface area contributed by atoms with Crippen molar-refractivity contribution in [2.45, 2.75) is 0 Å². The molecule has 1 aromatic carbocycles. The number of rotatable bonds is 4. The van der Waals surface area contributed by atoms with Crippen LogP contribution in [0.15, 0.2) is 28.7 Å². The Hall–Kier alpha value is -2.15. The first-order valence-electron chi connectivity index (χ1n) is 5.55. The average Bonchev–Trinajstić information content (AvgIpc) is 2.46. The van der Waals surface area contributed by atoms with Crippen LogP contribution < -0.4 is 9.47 Å². The number of halogens is 1. The van der Waals surface area contributed by atoms with Crippen LogP contribution in [-0.2, 0) is 0 Å². The van der Waals surface area contributed by atoms with Crippen molar-refractivity contribution in [3.63, 3.8) is 0 Å². The topological polar surface area (TPSA) is 81.5 Å². The maximum atomic E-state index is 11.0. The molecule has 0 aliphatic heterocycles. The Morgan fingerprint density at radius 1 is 1.20 bits per heavy atom. The first kappa shape index (κ1) is 14.3. The number of carboxylic acids is 1. The van der Waals surface area contributed by atoms with Crippen LogP contribution in [0.3, 0.4) is 0 Å². The van der Waals surface area contributed by atoms with Crippen molar-refractivity contribution in [3.8, 4) is 23.0 Å². The molecule has 1 heterocycles. The Labute approximate surface area is 123 Å². The largest absolute Gasteiger partial charge is 0.496 e. The van der Waals surface area contributed by atoms with E-state index in [4.69, 9.17) is 14.6 Å². The second-order valence-corrected chi connectivity index (χ2v) is 4.63. The van der Waals surface area contributed by atoms with Gasteiger partial charge in [-0.25, -0.2) is 9.78 Å². The van der Waals surface area contributed by atoms with Gasteiger partial charge >= 0.3 is 5.97 Å². The van der Waals surface area contributed by atoms with E-state index in [1.807, 2.05) is 0 Å². The molecule has 2 aromatic rings. The zero-order valence-electron chi connectivity index (χ0n) is 10.8.